The van der Waals surface area contributed by atoms with Crippen molar-refractivity contribution >= 4 is 11.6 Å². The second-order valence-corrected chi connectivity index (χ2v) is 3.37. The van der Waals surface area contributed by atoms with Gasteiger partial charge in [-0.05, 0) is 23.8 Å². The summed E-state index contributed by atoms with van der Waals surface area (Å²) in [5.41, 5.74) is 2.77. The van der Waals surface area contributed by atoms with E-state index >= 15 is 0 Å². The Balaban J connectivity index is 2.21. The van der Waals surface area contributed by atoms with Crippen molar-refractivity contribution in [1.29, 1.82) is 0 Å². The number of amides is 1. The first-order valence-electron chi connectivity index (χ1n) is 4.82. The quantitative estimate of drug-likeness (QED) is 0.664. The van der Waals surface area contributed by atoms with Crippen LogP contribution in [0.25, 0.3) is 0 Å². The van der Waals surface area contributed by atoms with E-state index in [9.17, 15) is 4.79 Å². The topological polar surface area (TPSA) is 49.3 Å². The van der Waals surface area contributed by atoms with Crippen molar-refractivity contribution < 1.29 is 9.90 Å². The average molecular weight is 201 g/mol. The summed E-state index contributed by atoms with van der Waals surface area (Å²) in [4.78, 5) is 11.1. The molecule has 1 aliphatic rings. The molecule has 0 fully saturated rings. The average Bonchev–Trinajstić information content (AvgIpc) is 2.57. The highest BCUT2D eigenvalue weighted by atomic mass is 16.2. The molecule has 0 saturated carbocycles. The fourth-order valence-corrected chi connectivity index (χ4v) is 1.53. The Morgan fingerprint density at radius 2 is 2.33 bits per heavy atom. The second kappa shape index (κ2) is 4.16. The van der Waals surface area contributed by atoms with E-state index < -0.39 is 0 Å². The highest BCUT2D eigenvalue weighted by Crippen LogP contribution is 2.23. The molecule has 2 rings (SSSR count). The zero-order valence-corrected chi connectivity index (χ0v) is 8.21. The number of carbonyl (C=O) groups excluding carboxylic acids is 1. The number of anilines is 1. The maximum Gasteiger partial charge on any atom is 0.228 e. The van der Waals surface area contributed by atoms with E-state index in [4.69, 9.17) is 5.11 Å². The van der Waals surface area contributed by atoms with E-state index in [0.29, 0.717) is 12.8 Å². The van der Waals surface area contributed by atoms with Crippen LogP contribution in [0.1, 0.15) is 17.5 Å². The van der Waals surface area contributed by atoms with E-state index in [1.165, 1.54) is 0 Å². The molecule has 1 amide bonds. The minimum Gasteiger partial charge on any atom is -0.395 e. The standard InChI is InChI=1S/C12H11NO2/c14-6-2-1-3-9-4-5-11-10(7-9)8-12(15)13-11/h4-5,7,14H,2,6,8H2,(H,13,15). The molecule has 76 valence electrons. The number of aliphatic hydroxyl groups is 1. The van der Waals surface area contributed by atoms with Gasteiger partial charge in [-0.2, -0.15) is 0 Å². The summed E-state index contributed by atoms with van der Waals surface area (Å²) in [5, 5.41) is 11.3. The molecule has 3 heteroatoms. The van der Waals surface area contributed by atoms with Crippen LogP contribution in [0.4, 0.5) is 5.69 Å². The van der Waals surface area contributed by atoms with Gasteiger partial charge < -0.3 is 10.4 Å². The van der Waals surface area contributed by atoms with E-state index in [1.807, 2.05) is 18.2 Å². The number of nitrogens with one attached hydrogen (secondary N) is 1. The fraction of sp³-hybridized carbons (Fsp3) is 0.250. The molecule has 0 spiro atoms. The molecule has 0 bridgehead atoms. The first-order chi connectivity index (χ1) is 7.29. The van der Waals surface area contributed by atoms with Gasteiger partial charge in [0.25, 0.3) is 0 Å². The monoisotopic (exact) mass is 201 g/mol. The van der Waals surface area contributed by atoms with Crippen LogP contribution in [0.5, 0.6) is 0 Å². The molecule has 0 unspecified atom stereocenters. The van der Waals surface area contributed by atoms with Gasteiger partial charge in [0.15, 0.2) is 0 Å². The lowest BCUT2D eigenvalue weighted by Gasteiger charge is -1.97. The van der Waals surface area contributed by atoms with Gasteiger partial charge in [0.05, 0.1) is 13.0 Å². The molecule has 0 radical (unpaired) electrons. The Bertz CT molecular complexity index is 454. The summed E-state index contributed by atoms with van der Waals surface area (Å²) in [6.07, 6.45) is 0.916. The minimum atomic E-state index is 0.0328. The largest absolute Gasteiger partial charge is 0.395 e. The Morgan fingerprint density at radius 3 is 3.13 bits per heavy atom. The maximum atomic E-state index is 11.1. The highest BCUT2D eigenvalue weighted by Gasteiger charge is 2.16. The summed E-state index contributed by atoms with van der Waals surface area (Å²) >= 11 is 0. The number of rotatable bonds is 1. The van der Waals surface area contributed by atoms with E-state index in [0.717, 1.165) is 16.8 Å². The van der Waals surface area contributed by atoms with E-state index in [1.54, 1.807) is 0 Å². The Morgan fingerprint density at radius 1 is 1.47 bits per heavy atom. The van der Waals surface area contributed by atoms with Crippen molar-refractivity contribution in [3.05, 3.63) is 29.3 Å². The van der Waals surface area contributed by atoms with Gasteiger partial charge in [-0.15, -0.1) is 0 Å². The second-order valence-electron chi connectivity index (χ2n) is 3.37. The molecule has 0 atom stereocenters. The normalized spacial score (nSPS) is 12.7. The van der Waals surface area contributed by atoms with Crippen molar-refractivity contribution in [3.63, 3.8) is 0 Å². The molecule has 0 saturated heterocycles. The van der Waals surface area contributed by atoms with Crippen molar-refractivity contribution in [2.75, 3.05) is 11.9 Å². The van der Waals surface area contributed by atoms with Crippen molar-refractivity contribution in [2.45, 2.75) is 12.8 Å². The summed E-state index contributed by atoms with van der Waals surface area (Å²) in [7, 11) is 0. The maximum absolute atomic E-state index is 11.1. The molecular weight excluding hydrogens is 190 g/mol. The van der Waals surface area contributed by atoms with Crippen molar-refractivity contribution in [2.24, 2.45) is 0 Å². The van der Waals surface area contributed by atoms with Gasteiger partial charge in [-0.1, -0.05) is 11.8 Å². The molecular formula is C12H11NO2. The predicted octanol–water partition coefficient (Wildman–Crippen LogP) is 0.915. The van der Waals surface area contributed by atoms with Gasteiger partial charge >= 0.3 is 0 Å². The summed E-state index contributed by atoms with van der Waals surface area (Å²) < 4.78 is 0. The first-order valence-corrected chi connectivity index (χ1v) is 4.82. The summed E-state index contributed by atoms with van der Waals surface area (Å²) in [6.45, 7) is 0.0813. The molecule has 3 nitrogen and oxygen atoms in total. The molecule has 0 aromatic heterocycles. The van der Waals surface area contributed by atoms with Crippen LogP contribution in [0, 0.1) is 11.8 Å². The third kappa shape index (κ3) is 2.17. The smallest absolute Gasteiger partial charge is 0.228 e. The van der Waals surface area contributed by atoms with Crippen LogP contribution in [0.2, 0.25) is 0 Å². The molecule has 1 aliphatic heterocycles. The lowest BCUT2D eigenvalue weighted by molar-refractivity contribution is -0.115. The molecule has 2 N–H and O–H groups in total. The van der Waals surface area contributed by atoms with Gasteiger partial charge in [-0.25, -0.2) is 0 Å². The molecule has 1 heterocycles. The lowest BCUT2D eigenvalue weighted by Crippen LogP contribution is -2.03. The number of fused-ring (bicyclic) bond motifs is 1. The molecule has 0 aliphatic carbocycles. The Kier molecular flexibility index (Phi) is 2.70. The number of aliphatic hydroxyl groups excluding tert-OH is 1. The zero-order chi connectivity index (χ0) is 10.7. The zero-order valence-electron chi connectivity index (χ0n) is 8.21. The summed E-state index contributed by atoms with van der Waals surface area (Å²) in [5.74, 6) is 5.82. The van der Waals surface area contributed by atoms with Gasteiger partial charge in [0.2, 0.25) is 5.91 Å². The van der Waals surface area contributed by atoms with Crippen LogP contribution < -0.4 is 5.32 Å². The third-order valence-electron chi connectivity index (χ3n) is 2.20. The summed E-state index contributed by atoms with van der Waals surface area (Å²) in [6, 6.07) is 5.65. The Hall–Kier alpha value is -1.79. The van der Waals surface area contributed by atoms with E-state index in [-0.39, 0.29) is 12.5 Å². The lowest BCUT2D eigenvalue weighted by atomic mass is 10.1. The van der Waals surface area contributed by atoms with Gasteiger partial charge in [0, 0.05) is 17.7 Å². The number of hydrogen-bond acceptors (Lipinski definition) is 2. The Labute approximate surface area is 88.1 Å². The SMILES string of the molecule is O=C1Cc2cc(C#CCCO)ccc2N1. The minimum absolute atomic E-state index is 0.0328. The van der Waals surface area contributed by atoms with E-state index in [2.05, 4.69) is 17.2 Å². The molecule has 1 aromatic rings. The van der Waals surface area contributed by atoms with Gasteiger partial charge in [-0.3, -0.25) is 4.79 Å². The predicted molar refractivity (Wildman–Crippen MR) is 57.4 cm³/mol. The number of benzene rings is 1. The fourth-order valence-electron chi connectivity index (χ4n) is 1.53. The van der Waals surface area contributed by atoms with Crippen LogP contribution in [0.15, 0.2) is 18.2 Å². The first kappa shape index (κ1) is 9.75. The van der Waals surface area contributed by atoms with Crippen LogP contribution in [-0.4, -0.2) is 17.6 Å². The highest BCUT2D eigenvalue weighted by molar-refractivity contribution is 5.99. The van der Waals surface area contributed by atoms with Crippen molar-refractivity contribution in [1.82, 2.24) is 0 Å². The van der Waals surface area contributed by atoms with Crippen LogP contribution >= 0.6 is 0 Å². The molecule has 15 heavy (non-hydrogen) atoms. The van der Waals surface area contributed by atoms with Crippen LogP contribution in [0.3, 0.4) is 0 Å². The number of hydrogen-bond donors (Lipinski definition) is 2. The third-order valence-corrected chi connectivity index (χ3v) is 2.20. The van der Waals surface area contributed by atoms with Crippen LogP contribution in [-0.2, 0) is 11.2 Å². The number of carbonyl (C=O) groups is 1. The van der Waals surface area contributed by atoms with Gasteiger partial charge in [0.1, 0.15) is 0 Å². The molecule has 1 aromatic carbocycles. The van der Waals surface area contributed by atoms with Crippen molar-refractivity contribution in [3.8, 4) is 11.8 Å².